The summed E-state index contributed by atoms with van der Waals surface area (Å²) in [4.78, 5) is 43.0. The zero-order chi connectivity index (χ0) is 26.0. The van der Waals surface area contributed by atoms with E-state index in [2.05, 4.69) is 4.99 Å². The fraction of sp³-hybridized carbons (Fsp3) is 0.259. The third kappa shape index (κ3) is 5.16. The topological polar surface area (TPSA) is 96.2 Å². The van der Waals surface area contributed by atoms with Crippen molar-refractivity contribution in [3.8, 4) is 11.5 Å². The summed E-state index contributed by atoms with van der Waals surface area (Å²) in [5, 5.41) is 0. The molecule has 0 bridgehead atoms. The number of hydrogen-bond donors (Lipinski definition) is 0. The van der Waals surface area contributed by atoms with E-state index in [0.717, 1.165) is 11.1 Å². The Kier molecular flexibility index (Phi) is 7.21. The molecular formula is C27H26N2O6S. The second-order valence-electron chi connectivity index (χ2n) is 8.47. The molecule has 1 aromatic heterocycles. The molecule has 4 rings (SSSR count). The van der Waals surface area contributed by atoms with Crippen LogP contribution in [-0.4, -0.2) is 29.7 Å². The number of aromatic nitrogens is 1. The molecule has 8 nitrogen and oxygen atoms in total. The number of hydrogen-bond acceptors (Lipinski definition) is 8. The molecule has 0 fully saturated rings. The number of allylic oxidation sites excluding steroid dienone is 1. The Morgan fingerprint density at radius 3 is 2.28 bits per heavy atom. The number of esters is 2. The molecule has 1 atom stereocenters. The average Bonchev–Trinajstić information content (AvgIpc) is 3.13. The maximum atomic E-state index is 13.6. The van der Waals surface area contributed by atoms with Crippen molar-refractivity contribution in [1.29, 1.82) is 0 Å². The first-order valence-corrected chi connectivity index (χ1v) is 12.2. The van der Waals surface area contributed by atoms with Gasteiger partial charge < -0.3 is 14.2 Å². The summed E-state index contributed by atoms with van der Waals surface area (Å²) in [6, 6.07) is 13.4. The molecule has 0 aliphatic carbocycles. The van der Waals surface area contributed by atoms with Crippen LogP contribution < -0.4 is 24.4 Å². The number of benzene rings is 2. The van der Waals surface area contributed by atoms with Gasteiger partial charge in [0.2, 0.25) is 0 Å². The molecule has 0 spiro atoms. The van der Waals surface area contributed by atoms with E-state index in [1.807, 2.05) is 12.1 Å². The van der Waals surface area contributed by atoms with Crippen LogP contribution in [0.1, 0.15) is 44.9 Å². The van der Waals surface area contributed by atoms with Crippen LogP contribution in [0.4, 0.5) is 0 Å². The summed E-state index contributed by atoms with van der Waals surface area (Å²) in [5.41, 5.74) is 2.04. The number of nitrogens with zero attached hydrogens (tertiary/aromatic N) is 2. The van der Waals surface area contributed by atoms with Crippen LogP contribution in [0, 0.1) is 0 Å². The van der Waals surface area contributed by atoms with Crippen LogP contribution in [0.3, 0.4) is 0 Å². The van der Waals surface area contributed by atoms with Crippen molar-refractivity contribution in [1.82, 2.24) is 4.57 Å². The number of methoxy groups -OCH3 is 1. The fourth-order valence-corrected chi connectivity index (χ4v) is 4.96. The highest BCUT2D eigenvalue weighted by atomic mass is 32.1. The maximum absolute atomic E-state index is 13.6. The van der Waals surface area contributed by atoms with E-state index in [-0.39, 0.29) is 11.7 Å². The first-order chi connectivity index (χ1) is 17.2. The SMILES string of the molecule is COc1ccc([C@@H]2C(C(=O)OC(C)C)=C(C)N=c3s/c(=C/c4ccc(OC(C)=O)cc4)c(=O)n32)cc1. The molecule has 36 heavy (non-hydrogen) atoms. The van der Waals surface area contributed by atoms with E-state index < -0.39 is 18.0 Å². The molecule has 0 saturated heterocycles. The molecule has 186 valence electrons. The lowest BCUT2D eigenvalue weighted by atomic mass is 9.96. The van der Waals surface area contributed by atoms with Gasteiger partial charge in [0.25, 0.3) is 5.56 Å². The van der Waals surface area contributed by atoms with Crippen LogP contribution in [-0.2, 0) is 14.3 Å². The van der Waals surface area contributed by atoms with Gasteiger partial charge in [-0.05, 0) is 62.2 Å². The van der Waals surface area contributed by atoms with Crippen LogP contribution in [0.5, 0.6) is 11.5 Å². The van der Waals surface area contributed by atoms with E-state index in [1.54, 1.807) is 70.4 Å². The summed E-state index contributed by atoms with van der Waals surface area (Å²) in [7, 11) is 1.58. The van der Waals surface area contributed by atoms with Gasteiger partial charge in [0.05, 0.1) is 35.1 Å². The van der Waals surface area contributed by atoms with Gasteiger partial charge in [0.1, 0.15) is 11.5 Å². The number of rotatable bonds is 6. The lowest BCUT2D eigenvalue weighted by molar-refractivity contribution is -0.143. The third-order valence-electron chi connectivity index (χ3n) is 5.46. The molecule has 9 heteroatoms. The van der Waals surface area contributed by atoms with Gasteiger partial charge in [-0.3, -0.25) is 14.2 Å². The fourth-order valence-electron chi connectivity index (χ4n) is 3.91. The first-order valence-electron chi connectivity index (χ1n) is 11.3. The van der Waals surface area contributed by atoms with Gasteiger partial charge in [0, 0.05) is 6.92 Å². The van der Waals surface area contributed by atoms with Crippen molar-refractivity contribution in [2.45, 2.75) is 39.8 Å². The highest BCUT2D eigenvalue weighted by Gasteiger charge is 2.33. The molecule has 0 N–H and O–H groups in total. The molecule has 0 saturated carbocycles. The zero-order valence-corrected chi connectivity index (χ0v) is 21.4. The molecule has 0 radical (unpaired) electrons. The molecule has 1 aliphatic heterocycles. The second kappa shape index (κ2) is 10.3. The summed E-state index contributed by atoms with van der Waals surface area (Å²) in [6.07, 6.45) is 1.42. The predicted molar refractivity (Wildman–Crippen MR) is 136 cm³/mol. The molecule has 1 aliphatic rings. The number of ether oxygens (including phenoxy) is 3. The summed E-state index contributed by atoms with van der Waals surface area (Å²) in [5.74, 6) is 0.166. The van der Waals surface area contributed by atoms with Gasteiger partial charge in [0.15, 0.2) is 4.80 Å². The molecule has 3 aromatic rings. The second-order valence-corrected chi connectivity index (χ2v) is 9.48. The van der Waals surface area contributed by atoms with Crippen LogP contribution in [0.25, 0.3) is 6.08 Å². The summed E-state index contributed by atoms with van der Waals surface area (Å²) >= 11 is 1.24. The minimum atomic E-state index is -0.702. The molecule has 0 amide bonds. The largest absolute Gasteiger partial charge is 0.497 e. The van der Waals surface area contributed by atoms with Gasteiger partial charge >= 0.3 is 11.9 Å². The molecule has 2 heterocycles. The third-order valence-corrected chi connectivity index (χ3v) is 6.44. The van der Waals surface area contributed by atoms with Crippen LogP contribution >= 0.6 is 11.3 Å². The van der Waals surface area contributed by atoms with Crippen molar-refractivity contribution in [2.75, 3.05) is 7.11 Å². The van der Waals surface area contributed by atoms with Crippen molar-refractivity contribution in [2.24, 2.45) is 4.99 Å². The van der Waals surface area contributed by atoms with Crippen molar-refractivity contribution >= 4 is 29.4 Å². The minimum absolute atomic E-state index is 0.272. The normalized spacial score (nSPS) is 15.4. The summed E-state index contributed by atoms with van der Waals surface area (Å²) in [6.45, 7) is 6.63. The number of carbonyl (C=O) groups is 2. The Hall–Kier alpha value is -3.98. The molecule has 0 unspecified atom stereocenters. The van der Waals surface area contributed by atoms with Gasteiger partial charge in [-0.1, -0.05) is 35.6 Å². The smallest absolute Gasteiger partial charge is 0.338 e. The van der Waals surface area contributed by atoms with Crippen LogP contribution in [0.2, 0.25) is 0 Å². The lowest BCUT2D eigenvalue weighted by Crippen LogP contribution is -2.40. The quantitative estimate of drug-likeness (QED) is 0.377. The number of fused-ring (bicyclic) bond motifs is 1. The highest BCUT2D eigenvalue weighted by Crippen LogP contribution is 2.31. The lowest BCUT2D eigenvalue weighted by Gasteiger charge is -2.25. The Bertz CT molecular complexity index is 1510. The molecule has 2 aromatic carbocycles. The first kappa shape index (κ1) is 25.1. The van der Waals surface area contributed by atoms with E-state index in [4.69, 9.17) is 14.2 Å². The van der Waals surface area contributed by atoms with Crippen molar-refractivity contribution in [3.63, 3.8) is 0 Å². The van der Waals surface area contributed by atoms with Gasteiger partial charge in [-0.15, -0.1) is 0 Å². The Labute approximate surface area is 211 Å². The maximum Gasteiger partial charge on any atom is 0.338 e. The van der Waals surface area contributed by atoms with Gasteiger partial charge in [-0.25, -0.2) is 9.79 Å². The Balaban J connectivity index is 1.85. The van der Waals surface area contributed by atoms with E-state index >= 15 is 0 Å². The van der Waals surface area contributed by atoms with E-state index in [9.17, 15) is 14.4 Å². The standard InChI is InChI=1S/C27H26N2O6S/c1-15(2)34-26(32)23-16(3)28-27-29(24(23)19-8-12-20(33-5)13-9-19)25(31)22(36-27)14-18-6-10-21(11-7-18)35-17(4)30/h6-15,24H,1-5H3/b22-14+/t24-/m1/s1. The Morgan fingerprint density at radius 2 is 1.69 bits per heavy atom. The van der Waals surface area contributed by atoms with Crippen LogP contribution in [0.15, 0.2) is 69.6 Å². The minimum Gasteiger partial charge on any atom is -0.497 e. The predicted octanol–water partition coefficient (Wildman–Crippen LogP) is 3.12. The summed E-state index contributed by atoms with van der Waals surface area (Å²) < 4.78 is 17.9. The zero-order valence-electron chi connectivity index (χ0n) is 20.6. The Morgan fingerprint density at radius 1 is 1.06 bits per heavy atom. The van der Waals surface area contributed by atoms with Crippen molar-refractivity contribution in [3.05, 3.63) is 90.6 Å². The average molecular weight is 507 g/mol. The number of carbonyl (C=O) groups excluding carboxylic acids is 2. The highest BCUT2D eigenvalue weighted by molar-refractivity contribution is 7.07. The molecular weight excluding hydrogens is 480 g/mol. The van der Waals surface area contributed by atoms with E-state index in [1.165, 1.54) is 22.8 Å². The monoisotopic (exact) mass is 506 g/mol. The van der Waals surface area contributed by atoms with Crippen molar-refractivity contribution < 1.29 is 23.8 Å². The van der Waals surface area contributed by atoms with E-state index in [0.29, 0.717) is 32.1 Å². The number of thiazole rings is 1. The van der Waals surface area contributed by atoms with Gasteiger partial charge in [-0.2, -0.15) is 0 Å².